The lowest BCUT2D eigenvalue weighted by molar-refractivity contribution is -0.137. The Hall–Kier alpha value is -6.47. The lowest BCUT2D eigenvalue weighted by atomic mass is 9.90. The quantitative estimate of drug-likeness (QED) is 0.124. The van der Waals surface area contributed by atoms with Gasteiger partial charge in [-0.05, 0) is 96.7 Å². The molecule has 63 heavy (non-hydrogen) atoms. The highest BCUT2D eigenvalue weighted by Crippen LogP contribution is 2.44. The van der Waals surface area contributed by atoms with Gasteiger partial charge in [0, 0.05) is 42.8 Å². The summed E-state index contributed by atoms with van der Waals surface area (Å²) in [4.78, 5) is 60.8. The Morgan fingerprint density at radius 3 is 2.13 bits per heavy atom. The van der Waals surface area contributed by atoms with Crippen LogP contribution >= 0.6 is 0 Å². The highest BCUT2D eigenvalue weighted by molar-refractivity contribution is 5.98. The van der Waals surface area contributed by atoms with E-state index in [2.05, 4.69) is 70.7 Å². The van der Waals surface area contributed by atoms with Crippen LogP contribution in [0.3, 0.4) is 0 Å². The zero-order chi connectivity index (χ0) is 43.0. The van der Waals surface area contributed by atoms with Crippen LogP contribution in [0, 0.1) is 5.92 Å². The third-order valence-corrected chi connectivity index (χ3v) is 13.6. The summed E-state index contributed by atoms with van der Waals surface area (Å²) in [5, 5.41) is 4.91. The Labute approximate surface area is 366 Å². The molecule has 0 spiro atoms. The van der Waals surface area contributed by atoms with Crippen molar-refractivity contribution >= 4 is 28.7 Å². The van der Waals surface area contributed by atoms with Gasteiger partial charge < -0.3 is 39.3 Å². The second kappa shape index (κ2) is 17.4. The molecule has 13 heteroatoms. The van der Waals surface area contributed by atoms with Crippen molar-refractivity contribution in [1.29, 1.82) is 0 Å². The third kappa shape index (κ3) is 7.72. The Bertz CT molecular complexity index is 2650. The van der Waals surface area contributed by atoms with Crippen LogP contribution in [0.25, 0.3) is 44.4 Å². The molecule has 10 rings (SSSR count). The molecule has 0 aliphatic carbocycles. The van der Waals surface area contributed by atoms with Gasteiger partial charge in [0.25, 0.3) is 0 Å². The van der Waals surface area contributed by atoms with Crippen LogP contribution in [0.4, 0.5) is 4.79 Å². The van der Waals surface area contributed by atoms with Crippen LogP contribution in [0.1, 0.15) is 92.6 Å². The molecule has 0 radical (unpaired) electrons. The topological polar surface area (TPSA) is 155 Å². The fourth-order valence-electron chi connectivity index (χ4n) is 10.3. The fourth-order valence-corrected chi connectivity index (χ4v) is 10.3. The number of rotatable bonds is 10. The van der Waals surface area contributed by atoms with Gasteiger partial charge in [-0.15, -0.1) is 0 Å². The van der Waals surface area contributed by atoms with E-state index in [0.717, 1.165) is 112 Å². The number of H-pyrrole nitrogens is 2. The van der Waals surface area contributed by atoms with E-state index in [1.54, 1.807) is 0 Å². The van der Waals surface area contributed by atoms with Crippen molar-refractivity contribution in [3.05, 3.63) is 114 Å². The molecule has 4 atom stereocenters. The first-order chi connectivity index (χ1) is 30.9. The number of fused-ring (bicyclic) bond motifs is 5. The van der Waals surface area contributed by atoms with Gasteiger partial charge in [0.05, 0.1) is 48.9 Å². The summed E-state index contributed by atoms with van der Waals surface area (Å²) in [6, 6.07) is 26.2. The number of likely N-dealkylation sites (tertiary alicyclic amines) is 2. The lowest BCUT2D eigenvalue weighted by Crippen LogP contribution is -2.53. The molecular weight excluding hydrogens is 795 g/mol. The fraction of sp³-hybridized carbons (Fsp3) is 0.380. The summed E-state index contributed by atoms with van der Waals surface area (Å²) in [5.41, 5.74) is 8.14. The lowest BCUT2D eigenvalue weighted by Gasteiger charge is -2.34. The third-order valence-electron chi connectivity index (χ3n) is 13.6. The molecule has 4 aromatic carbocycles. The predicted octanol–water partition coefficient (Wildman–Crippen LogP) is 8.85. The van der Waals surface area contributed by atoms with E-state index in [1.807, 2.05) is 52.5 Å². The standard InChI is InChI=1S/C50H53N7O6/c1-3-36(30-9-5-4-6-10-30)48(58)56-21-7-11-42(56)46-51-28-41(54-46)34-14-16-37-35(26-34)29-63-45-38-17-15-33(25-32(38)13-18-39(37)45)40-27-52-47(53-40)43-12-8-22-57(43)49(59)44(55-50(60)61-2)31-19-23-62-24-20-31/h4-6,9-10,13-18,25-28,31,36,42-44H,3,7-8,11-12,19-24,29H2,1-2H3,(H,51,54)(H,52,53)(H,55,60)/t36-,42+,43+,44+/m1/s1. The molecule has 0 bridgehead atoms. The van der Waals surface area contributed by atoms with Gasteiger partial charge in [0.2, 0.25) is 11.8 Å². The average Bonchev–Trinajstić information content (AvgIpc) is 4.18. The highest BCUT2D eigenvalue weighted by atomic mass is 16.5. The number of ether oxygens (including phenoxy) is 3. The molecule has 6 heterocycles. The summed E-state index contributed by atoms with van der Waals surface area (Å²) in [6.45, 7) is 4.97. The largest absolute Gasteiger partial charge is 0.488 e. The first kappa shape index (κ1) is 40.6. The SMILES string of the molecule is CC[C@@H](C(=O)N1CCC[C@H]1c1ncc(-c2ccc3c(c2)COc2c-3ccc3cc(-c4cnc([C@@H]5CCCN5C(=O)[C@@H](NC(=O)OC)C5CCOCC5)[nH]4)ccc23)[nH]1)c1ccccc1. The minimum absolute atomic E-state index is 0.0272. The van der Waals surface area contributed by atoms with Gasteiger partial charge in [0.15, 0.2) is 0 Å². The molecule has 0 saturated carbocycles. The van der Waals surface area contributed by atoms with Gasteiger partial charge in [-0.2, -0.15) is 0 Å². The maximum Gasteiger partial charge on any atom is 0.407 e. The van der Waals surface area contributed by atoms with Crippen LogP contribution in [0.2, 0.25) is 0 Å². The van der Waals surface area contributed by atoms with Gasteiger partial charge in [-0.25, -0.2) is 14.8 Å². The van der Waals surface area contributed by atoms with E-state index in [0.29, 0.717) is 39.2 Å². The van der Waals surface area contributed by atoms with Gasteiger partial charge in [-0.3, -0.25) is 9.59 Å². The van der Waals surface area contributed by atoms with Crippen molar-refractivity contribution in [1.82, 2.24) is 35.1 Å². The zero-order valence-corrected chi connectivity index (χ0v) is 35.8. The van der Waals surface area contributed by atoms with E-state index in [-0.39, 0.29) is 35.7 Å². The maximum absolute atomic E-state index is 14.1. The monoisotopic (exact) mass is 847 g/mol. The number of aromatic amines is 2. The van der Waals surface area contributed by atoms with Crippen molar-refractivity contribution < 1.29 is 28.6 Å². The first-order valence-electron chi connectivity index (χ1n) is 22.4. The van der Waals surface area contributed by atoms with Crippen LogP contribution in [-0.2, 0) is 25.7 Å². The summed E-state index contributed by atoms with van der Waals surface area (Å²) >= 11 is 0. The highest BCUT2D eigenvalue weighted by Gasteiger charge is 2.40. The molecule has 4 aliphatic heterocycles. The number of hydrogen-bond donors (Lipinski definition) is 3. The zero-order valence-electron chi connectivity index (χ0n) is 35.8. The van der Waals surface area contributed by atoms with Crippen LogP contribution in [0.15, 0.2) is 91.3 Å². The maximum atomic E-state index is 14.1. The number of hydrogen-bond acceptors (Lipinski definition) is 8. The number of nitrogens with one attached hydrogen (secondary N) is 3. The molecule has 6 aromatic rings. The summed E-state index contributed by atoms with van der Waals surface area (Å²) in [6.07, 6.45) is 8.72. The Morgan fingerprint density at radius 1 is 0.794 bits per heavy atom. The molecule has 324 valence electrons. The Balaban J connectivity index is 0.849. The number of carbonyl (C=O) groups excluding carboxylic acids is 3. The summed E-state index contributed by atoms with van der Waals surface area (Å²) < 4.78 is 17.0. The minimum Gasteiger partial charge on any atom is -0.488 e. The number of nitrogens with zero attached hydrogens (tertiary/aromatic N) is 4. The van der Waals surface area contributed by atoms with Gasteiger partial charge >= 0.3 is 6.09 Å². The normalized spacial score (nSPS) is 19.6. The molecule has 3 amide bonds. The Morgan fingerprint density at radius 2 is 1.44 bits per heavy atom. The first-order valence-corrected chi connectivity index (χ1v) is 22.4. The summed E-state index contributed by atoms with van der Waals surface area (Å²) in [7, 11) is 1.32. The predicted molar refractivity (Wildman–Crippen MR) is 239 cm³/mol. The number of methoxy groups -OCH3 is 1. The molecule has 2 aromatic heterocycles. The van der Waals surface area contributed by atoms with Crippen molar-refractivity contribution in [3.63, 3.8) is 0 Å². The number of amides is 3. The van der Waals surface area contributed by atoms with Crippen molar-refractivity contribution in [2.45, 2.75) is 82.5 Å². The van der Waals surface area contributed by atoms with E-state index < -0.39 is 12.1 Å². The van der Waals surface area contributed by atoms with Crippen LogP contribution in [-0.4, -0.2) is 87.1 Å². The van der Waals surface area contributed by atoms with E-state index in [9.17, 15) is 14.4 Å². The van der Waals surface area contributed by atoms with E-state index in [1.165, 1.54) is 7.11 Å². The second-order valence-electron chi connectivity index (χ2n) is 17.2. The number of aromatic nitrogens is 4. The Kier molecular flexibility index (Phi) is 11.2. The molecule has 13 nitrogen and oxygen atoms in total. The number of benzene rings is 4. The van der Waals surface area contributed by atoms with Crippen LogP contribution in [0.5, 0.6) is 5.75 Å². The van der Waals surface area contributed by atoms with Gasteiger partial charge in [-0.1, -0.05) is 67.6 Å². The van der Waals surface area contributed by atoms with Crippen molar-refractivity contribution in [3.8, 4) is 39.4 Å². The molecule has 3 N–H and O–H groups in total. The summed E-state index contributed by atoms with van der Waals surface area (Å²) in [5.74, 6) is 2.29. The number of alkyl carbamates (subject to hydrolysis) is 1. The molecule has 0 unspecified atom stereocenters. The number of carbonyl (C=O) groups is 3. The smallest absolute Gasteiger partial charge is 0.407 e. The van der Waals surface area contributed by atoms with E-state index >= 15 is 0 Å². The van der Waals surface area contributed by atoms with Gasteiger partial charge in [0.1, 0.15) is 30.0 Å². The molecule has 3 fully saturated rings. The minimum atomic E-state index is -0.685. The second-order valence-corrected chi connectivity index (χ2v) is 17.2. The molecular formula is C50H53N7O6. The average molecular weight is 848 g/mol. The number of imidazole rings is 2. The van der Waals surface area contributed by atoms with Crippen LogP contribution < -0.4 is 10.1 Å². The van der Waals surface area contributed by atoms with Crippen molar-refractivity contribution in [2.75, 3.05) is 33.4 Å². The van der Waals surface area contributed by atoms with Crippen molar-refractivity contribution in [2.24, 2.45) is 5.92 Å². The van der Waals surface area contributed by atoms with E-state index in [4.69, 9.17) is 24.2 Å². The molecule has 3 saturated heterocycles. The molecule has 4 aliphatic rings.